The normalized spacial score (nSPS) is 24.5. The lowest BCUT2D eigenvalue weighted by Gasteiger charge is -2.29. The van der Waals surface area contributed by atoms with Crippen LogP contribution in [0.3, 0.4) is 0 Å². The molecule has 29 heavy (non-hydrogen) atoms. The van der Waals surface area contributed by atoms with Gasteiger partial charge in [-0.25, -0.2) is 0 Å². The molecule has 0 radical (unpaired) electrons. The number of ether oxygens (including phenoxy) is 2. The van der Waals surface area contributed by atoms with E-state index in [0.29, 0.717) is 35.7 Å². The van der Waals surface area contributed by atoms with Gasteiger partial charge in [0.25, 0.3) is 0 Å². The lowest BCUT2D eigenvalue weighted by molar-refractivity contribution is 0.0899. The second kappa shape index (κ2) is 8.44. The minimum atomic E-state index is -0.280. The fraction of sp³-hybridized carbons (Fsp3) is 0.478. The number of pyridine rings is 1. The van der Waals surface area contributed by atoms with E-state index >= 15 is 0 Å². The van der Waals surface area contributed by atoms with E-state index < -0.39 is 0 Å². The lowest BCUT2D eigenvalue weighted by atomic mass is 9.76. The van der Waals surface area contributed by atoms with Gasteiger partial charge in [0.2, 0.25) is 5.43 Å². The molecule has 6 heteroatoms. The third-order valence-electron chi connectivity index (χ3n) is 6.44. The summed E-state index contributed by atoms with van der Waals surface area (Å²) in [4.78, 5) is 26.3. The number of ketones is 1. The van der Waals surface area contributed by atoms with Gasteiger partial charge in [0, 0.05) is 18.5 Å². The van der Waals surface area contributed by atoms with Gasteiger partial charge in [0.05, 0.1) is 23.7 Å². The Morgan fingerprint density at radius 3 is 2.72 bits per heavy atom. The topological polar surface area (TPSA) is 57.5 Å². The van der Waals surface area contributed by atoms with Gasteiger partial charge in [-0.15, -0.1) is 0 Å². The van der Waals surface area contributed by atoms with Crippen molar-refractivity contribution in [2.45, 2.75) is 39.3 Å². The summed E-state index contributed by atoms with van der Waals surface area (Å²) in [6, 6.07) is 9.70. The number of carbonyl (C=O) groups is 1. The van der Waals surface area contributed by atoms with E-state index in [0.717, 1.165) is 12.0 Å². The van der Waals surface area contributed by atoms with Crippen LogP contribution in [0.5, 0.6) is 5.75 Å². The van der Waals surface area contributed by atoms with Crippen LogP contribution in [0, 0.1) is 17.8 Å². The van der Waals surface area contributed by atoms with Crippen LogP contribution in [-0.4, -0.2) is 23.6 Å². The predicted octanol–water partition coefficient (Wildman–Crippen LogP) is 4.63. The van der Waals surface area contributed by atoms with E-state index in [2.05, 4.69) is 29.8 Å². The van der Waals surface area contributed by atoms with Crippen molar-refractivity contribution < 1.29 is 14.3 Å². The predicted molar refractivity (Wildman–Crippen MR) is 114 cm³/mol. The molecule has 154 valence electrons. The summed E-state index contributed by atoms with van der Waals surface area (Å²) in [6.45, 7) is 5.80. The highest BCUT2D eigenvalue weighted by molar-refractivity contribution is 9.10. The van der Waals surface area contributed by atoms with Gasteiger partial charge in [0.15, 0.2) is 11.5 Å². The van der Waals surface area contributed by atoms with Gasteiger partial charge in [-0.3, -0.25) is 9.59 Å². The van der Waals surface area contributed by atoms with Gasteiger partial charge in [-0.1, -0.05) is 50.6 Å². The summed E-state index contributed by atoms with van der Waals surface area (Å²) in [5, 5.41) is 0. The number of fused-ring (bicyclic) bond motifs is 3. The summed E-state index contributed by atoms with van der Waals surface area (Å²) >= 11 is 3.39. The molecule has 4 rings (SSSR count). The highest BCUT2D eigenvalue weighted by Gasteiger charge is 2.44. The Morgan fingerprint density at radius 1 is 1.24 bits per heavy atom. The van der Waals surface area contributed by atoms with Crippen LogP contribution in [0.2, 0.25) is 0 Å². The van der Waals surface area contributed by atoms with Gasteiger partial charge in [0.1, 0.15) is 12.3 Å². The molecule has 2 aliphatic heterocycles. The van der Waals surface area contributed by atoms with Crippen LogP contribution in [0.25, 0.3) is 0 Å². The number of hydrogen-bond acceptors (Lipinski definition) is 4. The molecule has 1 aromatic carbocycles. The van der Waals surface area contributed by atoms with Crippen LogP contribution in [-0.2, 0) is 11.3 Å². The molecule has 2 aliphatic rings. The number of rotatable bonds is 5. The third-order valence-corrected chi connectivity index (χ3v) is 7.00. The Kier molecular flexibility index (Phi) is 5.93. The van der Waals surface area contributed by atoms with E-state index in [1.165, 1.54) is 0 Å². The Hall–Kier alpha value is -1.92. The van der Waals surface area contributed by atoms with Crippen LogP contribution < -0.4 is 10.2 Å². The number of halogens is 1. The highest BCUT2D eigenvalue weighted by Crippen LogP contribution is 2.43. The van der Waals surface area contributed by atoms with E-state index in [9.17, 15) is 9.59 Å². The fourth-order valence-corrected chi connectivity index (χ4v) is 5.02. The van der Waals surface area contributed by atoms with Crippen LogP contribution >= 0.6 is 15.9 Å². The Labute approximate surface area is 179 Å². The van der Waals surface area contributed by atoms with Gasteiger partial charge < -0.3 is 14.0 Å². The monoisotopic (exact) mass is 459 g/mol. The van der Waals surface area contributed by atoms with Gasteiger partial charge >= 0.3 is 0 Å². The first-order chi connectivity index (χ1) is 14.0. The second-order valence-corrected chi connectivity index (χ2v) is 8.97. The average molecular weight is 460 g/mol. The molecule has 0 spiro atoms. The first-order valence-electron chi connectivity index (χ1n) is 10.2. The second-order valence-electron chi connectivity index (χ2n) is 8.11. The molecular formula is C23H26BrNO4. The maximum atomic E-state index is 13.4. The van der Waals surface area contributed by atoms with Crippen LogP contribution in [0.15, 0.2) is 45.8 Å². The quantitative estimate of drug-likeness (QED) is 0.653. The molecule has 3 heterocycles. The summed E-state index contributed by atoms with van der Waals surface area (Å²) < 4.78 is 14.2. The number of aromatic nitrogens is 1. The molecule has 5 nitrogen and oxygen atoms in total. The maximum absolute atomic E-state index is 13.4. The molecule has 0 bridgehead atoms. The first kappa shape index (κ1) is 20.4. The molecule has 1 fully saturated rings. The molecule has 0 N–H and O–H groups in total. The summed E-state index contributed by atoms with van der Waals surface area (Å²) in [5.41, 5.74) is 1.06. The van der Waals surface area contributed by atoms with Crippen molar-refractivity contribution in [1.82, 2.24) is 4.57 Å². The largest absolute Gasteiger partial charge is 0.483 e. The van der Waals surface area contributed by atoms with Crippen molar-refractivity contribution in [2.24, 2.45) is 17.8 Å². The molecule has 0 saturated carbocycles. The first-order valence-corrected chi connectivity index (χ1v) is 11.0. The minimum absolute atomic E-state index is 0.0163. The molecule has 4 atom stereocenters. The number of hydrogen-bond donors (Lipinski definition) is 0. The SMILES string of the molecule is CCC(C)C1CC(=O)c2c(OCc3ccccc3)c(=O)c(Br)cn2C2COCC12. The van der Waals surface area contributed by atoms with Gasteiger partial charge in [-0.05, 0) is 33.3 Å². The maximum Gasteiger partial charge on any atom is 0.238 e. The Morgan fingerprint density at radius 2 is 2.00 bits per heavy atom. The lowest BCUT2D eigenvalue weighted by Crippen LogP contribution is -2.28. The highest BCUT2D eigenvalue weighted by atomic mass is 79.9. The standard InChI is InChI=1S/C23H26BrNO4/c1-3-14(2)16-9-20(26)21-23(29-11-15-7-5-4-6-8-15)22(27)18(24)10-25(21)19-13-28-12-17(16)19/h4-8,10,14,16-17,19H,3,9,11-13H2,1-2H3. The molecule has 1 saturated heterocycles. The minimum Gasteiger partial charge on any atom is -0.483 e. The Balaban J connectivity index is 1.78. The van der Waals surface area contributed by atoms with Crippen LogP contribution in [0.4, 0.5) is 0 Å². The summed E-state index contributed by atoms with van der Waals surface area (Å²) in [7, 11) is 0. The van der Waals surface area contributed by atoms with Crippen molar-refractivity contribution in [1.29, 1.82) is 0 Å². The molecule has 0 amide bonds. The number of nitrogens with zero attached hydrogens (tertiary/aromatic N) is 1. The van der Waals surface area contributed by atoms with Crippen molar-refractivity contribution >= 4 is 21.7 Å². The molecule has 2 aromatic rings. The van der Waals surface area contributed by atoms with E-state index in [1.54, 1.807) is 6.20 Å². The zero-order chi connectivity index (χ0) is 20.5. The molecule has 4 unspecified atom stereocenters. The zero-order valence-corrected chi connectivity index (χ0v) is 18.4. The smallest absolute Gasteiger partial charge is 0.238 e. The Bertz CT molecular complexity index is 955. The molecule has 0 aliphatic carbocycles. The number of Topliss-reactive ketones (excluding diaryl/α,β-unsaturated/α-hetero) is 1. The zero-order valence-electron chi connectivity index (χ0n) is 16.8. The molecular weight excluding hydrogens is 434 g/mol. The fourth-order valence-electron chi connectivity index (χ4n) is 4.62. The van der Waals surface area contributed by atoms with Crippen LogP contribution in [0.1, 0.15) is 48.8 Å². The number of carbonyl (C=O) groups excluding carboxylic acids is 1. The van der Waals surface area contributed by atoms with Crippen molar-refractivity contribution in [2.75, 3.05) is 13.2 Å². The summed E-state index contributed by atoms with van der Waals surface area (Å²) in [5.74, 6) is 1.02. The third kappa shape index (κ3) is 3.80. The van der Waals surface area contributed by atoms with E-state index in [1.807, 2.05) is 34.9 Å². The van der Waals surface area contributed by atoms with Gasteiger partial charge in [-0.2, -0.15) is 0 Å². The van der Waals surface area contributed by atoms with Crippen molar-refractivity contribution in [3.8, 4) is 5.75 Å². The van der Waals surface area contributed by atoms with Crippen molar-refractivity contribution in [3.63, 3.8) is 0 Å². The average Bonchev–Trinajstić information content (AvgIpc) is 3.18. The van der Waals surface area contributed by atoms with E-state index in [-0.39, 0.29) is 41.4 Å². The summed E-state index contributed by atoms with van der Waals surface area (Å²) in [6.07, 6.45) is 3.18. The molecule has 1 aromatic heterocycles. The van der Waals surface area contributed by atoms with E-state index in [4.69, 9.17) is 9.47 Å². The number of benzene rings is 1. The van der Waals surface area contributed by atoms with Crippen molar-refractivity contribution in [3.05, 3.63) is 62.5 Å².